The van der Waals surface area contributed by atoms with Crippen molar-refractivity contribution in [2.75, 3.05) is 0 Å². The van der Waals surface area contributed by atoms with Crippen molar-refractivity contribution in [2.45, 2.75) is 58.3 Å². The van der Waals surface area contributed by atoms with Crippen LogP contribution in [0.5, 0.6) is 0 Å². The molecule has 2 amide bonds. The summed E-state index contributed by atoms with van der Waals surface area (Å²) < 4.78 is 0. The van der Waals surface area contributed by atoms with Gasteiger partial charge in [-0.05, 0) is 19.3 Å². The molecule has 3 nitrogen and oxygen atoms in total. The summed E-state index contributed by atoms with van der Waals surface area (Å²) in [5.74, 6) is -0.672. The van der Waals surface area contributed by atoms with Crippen molar-refractivity contribution < 1.29 is 9.59 Å². The maximum atomic E-state index is 11.2. The molecule has 17 heavy (non-hydrogen) atoms. The molecule has 1 unspecified atom stereocenters. The molecule has 0 aromatic rings. The molecule has 1 rings (SSSR count). The molecular weight excluding hydrogens is 214 g/mol. The number of imide groups is 1. The van der Waals surface area contributed by atoms with Crippen LogP contribution in [0.3, 0.4) is 0 Å². The molecule has 1 heterocycles. The Kier molecular flexibility index (Phi) is 6.60. The largest absolute Gasteiger partial charge is 0.272 e. The molecule has 0 saturated carbocycles. The molecule has 1 aliphatic heterocycles. The maximum Gasteiger partial charge on any atom is 0.252 e. The minimum Gasteiger partial charge on any atom is -0.272 e. The van der Waals surface area contributed by atoms with Crippen LogP contribution in [0.2, 0.25) is 0 Å². The standard InChI is InChI=1S/C14H22NO2/c1-2-3-4-5-6-7-8-9-10-12-11-13(16)15-14(12)17/h8-9,12H,2-7,10-11H2,1H3. The molecule has 1 fully saturated rings. The maximum absolute atomic E-state index is 11.2. The number of carbonyl (C=O) groups is 2. The van der Waals surface area contributed by atoms with Crippen LogP contribution in [0.25, 0.3) is 0 Å². The van der Waals surface area contributed by atoms with Gasteiger partial charge in [0.05, 0.1) is 5.92 Å². The van der Waals surface area contributed by atoms with Gasteiger partial charge in [-0.15, -0.1) is 0 Å². The molecule has 95 valence electrons. The van der Waals surface area contributed by atoms with Crippen molar-refractivity contribution >= 4 is 11.8 Å². The van der Waals surface area contributed by atoms with E-state index in [0.29, 0.717) is 12.8 Å². The number of hydrogen-bond donors (Lipinski definition) is 0. The lowest BCUT2D eigenvalue weighted by Gasteiger charge is -1.99. The highest BCUT2D eigenvalue weighted by Gasteiger charge is 2.31. The smallest absolute Gasteiger partial charge is 0.252 e. The number of unbranched alkanes of at least 4 members (excludes halogenated alkanes) is 5. The molecule has 1 saturated heterocycles. The zero-order valence-electron chi connectivity index (χ0n) is 10.7. The summed E-state index contributed by atoms with van der Waals surface area (Å²) in [5, 5.41) is 3.41. The van der Waals surface area contributed by atoms with Crippen molar-refractivity contribution in [3.05, 3.63) is 12.2 Å². The first-order valence-electron chi connectivity index (χ1n) is 6.67. The van der Waals surface area contributed by atoms with E-state index in [1.807, 2.05) is 6.08 Å². The Bertz CT molecular complexity index is 284. The van der Waals surface area contributed by atoms with Gasteiger partial charge in [-0.2, -0.15) is 5.32 Å². The quantitative estimate of drug-likeness (QED) is 0.369. The van der Waals surface area contributed by atoms with Crippen molar-refractivity contribution in [1.29, 1.82) is 0 Å². The van der Waals surface area contributed by atoms with E-state index in [1.54, 1.807) is 0 Å². The van der Waals surface area contributed by atoms with Crippen LogP contribution in [-0.2, 0) is 9.59 Å². The molecule has 1 atom stereocenters. The molecule has 1 radical (unpaired) electrons. The highest BCUT2D eigenvalue weighted by atomic mass is 16.2. The van der Waals surface area contributed by atoms with E-state index in [9.17, 15) is 9.59 Å². The molecule has 0 N–H and O–H groups in total. The number of rotatable bonds is 8. The van der Waals surface area contributed by atoms with Gasteiger partial charge in [0.25, 0.3) is 5.91 Å². The van der Waals surface area contributed by atoms with Gasteiger partial charge >= 0.3 is 0 Å². The predicted octanol–water partition coefficient (Wildman–Crippen LogP) is 2.97. The zero-order chi connectivity index (χ0) is 12.5. The first kappa shape index (κ1) is 13.9. The van der Waals surface area contributed by atoms with Crippen LogP contribution in [-0.4, -0.2) is 11.8 Å². The SMILES string of the molecule is CCCCCCCC=CCC1CC(=O)[N]C1=O. The fourth-order valence-electron chi connectivity index (χ4n) is 1.99. The third-order valence-electron chi connectivity index (χ3n) is 3.07. The fourth-order valence-corrected chi connectivity index (χ4v) is 1.99. The number of hydrogen-bond acceptors (Lipinski definition) is 2. The highest BCUT2D eigenvalue weighted by Crippen LogP contribution is 2.17. The zero-order valence-corrected chi connectivity index (χ0v) is 10.7. The topological polar surface area (TPSA) is 48.2 Å². The molecule has 0 aromatic heterocycles. The molecule has 1 aliphatic rings. The Hall–Kier alpha value is -1.12. The summed E-state index contributed by atoms with van der Waals surface area (Å²) in [6.45, 7) is 2.21. The number of nitrogens with zero attached hydrogens (tertiary/aromatic N) is 1. The monoisotopic (exact) mass is 236 g/mol. The van der Waals surface area contributed by atoms with Crippen molar-refractivity contribution in [3.8, 4) is 0 Å². The van der Waals surface area contributed by atoms with E-state index in [0.717, 1.165) is 6.42 Å². The summed E-state index contributed by atoms with van der Waals surface area (Å²) in [6, 6.07) is 0. The second kappa shape index (κ2) is 8.04. The Labute approximate surface area is 104 Å². The van der Waals surface area contributed by atoms with Gasteiger partial charge in [0.1, 0.15) is 0 Å². The Morgan fingerprint density at radius 3 is 2.59 bits per heavy atom. The fraction of sp³-hybridized carbons (Fsp3) is 0.714. The van der Waals surface area contributed by atoms with Crippen LogP contribution in [0.15, 0.2) is 12.2 Å². The van der Waals surface area contributed by atoms with Crippen molar-refractivity contribution in [3.63, 3.8) is 0 Å². The first-order chi connectivity index (χ1) is 8.24. The van der Waals surface area contributed by atoms with Crippen LogP contribution < -0.4 is 5.32 Å². The summed E-state index contributed by atoms with van der Waals surface area (Å²) >= 11 is 0. The highest BCUT2D eigenvalue weighted by molar-refractivity contribution is 6.03. The van der Waals surface area contributed by atoms with Gasteiger partial charge in [-0.25, -0.2) is 0 Å². The summed E-state index contributed by atoms with van der Waals surface area (Å²) in [7, 11) is 0. The van der Waals surface area contributed by atoms with Crippen molar-refractivity contribution in [1.82, 2.24) is 5.32 Å². The third kappa shape index (κ3) is 5.66. The van der Waals surface area contributed by atoms with Crippen LogP contribution in [0.1, 0.15) is 58.3 Å². The lowest BCUT2D eigenvalue weighted by Crippen LogP contribution is -2.13. The van der Waals surface area contributed by atoms with Crippen molar-refractivity contribution in [2.24, 2.45) is 5.92 Å². The van der Waals surface area contributed by atoms with Crippen LogP contribution >= 0.6 is 0 Å². The van der Waals surface area contributed by atoms with Crippen LogP contribution in [0.4, 0.5) is 0 Å². The summed E-state index contributed by atoms with van der Waals surface area (Å²) in [4.78, 5) is 22.1. The van der Waals surface area contributed by atoms with E-state index in [4.69, 9.17) is 0 Å². The van der Waals surface area contributed by atoms with Gasteiger partial charge in [0, 0.05) is 6.42 Å². The third-order valence-corrected chi connectivity index (χ3v) is 3.07. The second-order valence-corrected chi connectivity index (χ2v) is 4.65. The summed E-state index contributed by atoms with van der Waals surface area (Å²) in [6.07, 6.45) is 12.6. The summed E-state index contributed by atoms with van der Waals surface area (Å²) in [5.41, 5.74) is 0. The Morgan fingerprint density at radius 2 is 1.94 bits per heavy atom. The lowest BCUT2D eigenvalue weighted by atomic mass is 10.0. The first-order valence-corrected chi connectivity index (χ1v) is 6.67. The normalized spacial score (nSPS) is 20.2. The number of carbonyl (C=O) groups excluding carboxylic acids is 2. The Balaban J connectivity index is 2.02. The second-order valence-electron chi connectivity index (χ2n) is 4.65. The van der Waals surface area contributed by atoms with E-state index in [-0.39, 0.29) is 17.7 Å². The average Bonchev–Trinajstić information content (AvgIpc) is 2.61. The minimum atomic E-state index is -0.257. The molecular formula is C14H22NO2. The van der Waals surface area contributed by atoms with E-state index >= 15 is 0 Å². The molecule has 0 aliphatic carbocycles. The molecule has 3 heteroatoms. The van der Waals surface area contributed by atoms with Gasteiger partial charge in [0.2, 0.25) is 5.91 Å². The van der Waals surface area contributed by atoms with Gasteiger partial charge in [-0.3, -0.25) is 9.59 Å². The van der Waals surface area contributed by atoms with Crippen LogP contribution in [0, 0.1) is 5.92 Å². The van der Waals surface area contributed by atoms with Gasteiger partial charge in [0.15, 0.2) is 0 Å². The van der Waals surface area contributed by atoms with E-state index < -0.39 is 0 Å². The Morgan fingerprint density at radius 1 is 1.18 bits per heavy atom. The lowest BCUT2D eigenvalue weighted by molar-refractivity contribution is -0.126. The minimum absolute atomic E-state index is 0.182. The predicted molar refractivity (Wildman–Crippen MR) is 67.4 cm³/mol. The van der Waals surface area contributed by atoms with E-state index in [2.05, 4.69) is 18.3 Å². The van der Waals surface area contributed by atoms with E-state index in [1.165, 1.54) is 32.1 Å². The number of amides is 2. The average molecular weight is 236 g/mol. The molecule has 0 bridgehead atoms. The number of allylic oxidation sites excluding steroid dienone is 2. The molecule has 0 aromatic carbocycles. The van der Waals surface area contributed by atoms with Gasteiger partial charge < -0.3 is 0 Å². The van der Waals surface area contributed by atoms with Gasteiger partial charge in [-0.1, -0.05) is 44.8 Å². The molecule has 0 spiro atoms.